The summed E-state index contributed by atoms with van der Waals surface area (Å²) in [5, 5.41) is 2.93. The molecule has 2 rings (SSSR count). The molecule has 176 valence electrons. The van der Waals surface area contributed by atoms with Crippen LogP contribution in [0.1, 0.15) is 42.4 Å². The molecule has 0 aliphatic rings. The fraction of sp³-hybridized carbons (Fsp3) is 0.296. The molecule has 0 atom stereocenters. The lowest BCUT2D eigenvalue weighted by Gasteiger charge is -2.14. The first-order chi connectivity index (χ1) is 15.8. The highest BCUT2D eigenvalue weighted by Crippen LogP contribution is 2.28. The van der Waals surface area contributed by atoms with Gasteiger partial charge in [-0.05, 0) is 38.1 Å². The van der Waals surface area contributed by atoms with Crippen LogP contribution in [0.2, 0.25) is 0 Å². The van der Waals surface area contributed by atoms with E-state index in [1.54, 1.807) is 37.7 Å². The van der Waals surface area contributed by atoms with Gasteiger partial charge in [-0.2, -0.15) is 0 Å². The third-order valence-corrected chi connectivity index (χ3v) is 4.44. The van der Waals surface area contributed by atoms with Gasteiger partial charge in [0.05, 0.1) is 5.69 Å². The third kappa shape index (κ3) is 8.77. The second-order valence-corrected chi connectivity index (χ2v) is 7.26. The number of pyridine rings is 1. The molecular formula is C27H36N4O2. The first kappa shape index (κ1) is 27.4. The normalized spacial score (nSPS) is 11.5. The van der Waals surface area contributed by atoms with E-state index in [4.69, 9.17) is 4.74 Å². The van der Waals surface area contributed by atoms with Crippen LogP contribution in [0.5, 0.6) is 11.5 Å². The molecule has 33 heavy (non-hydrogen) atoms. The summed E-state index contributed by atoms with van der Waals surface area (Å²) in [5.74, 6) is 1.10. The van der Waals surface area contributed by atoms with Crippen molar-refractivity contribution in [2.45, 2.75) is 27.7 Å². The smallest absolute Gasteiger partial charge is 0.251 e. The van der Waals surface area contributed by atoms with Crippen LogP contribution in [0, 0.1) is 6.92 Å². The van der Waals surface area contributed by atoms with Crippen LogP contribution in [0.25, 0.3) is 5.57 Å². The van der Waals surface area contributed by atoms with Crippen LogP contribution < -0.4 is 10.1 Å². The molecule has 2 aromatic rings. The van der Waals surface area contributed by atoms with Crippen molar-refractivity contribution < 1.29 is 9.53 Å². The number of allylic oxidation sites excluding steroid dienone is 3. The zero-order chi connectivity index (χ0) is 24.8. The summed E-state index contributed by atoms with van der Waals surface area (Å²) in [6.45, 7) is 12.1. The predicted octanol–water partition coefficient (Wildman–Crippen LogP) is 5.67. The Labute approximate surface area is 198 Å². The number of aromatic nitrogens is 1. The molecule has 0 radical (unpaired) electrons. The van der Waals surface area contributed by atoms with Crippen molar-refractivity contribution in [2.24, 2.45) is 4.99 Å². The summed E-state index contributed by atoms with van der Waals surface area (Å²) in [6, 6.07) is 9.09. The summed E-state index contributed by atoms with van der Waals surface area (Å²) in [5.41, 5.74) is 3.99. The van der Waals surface area contributed by atoms with Crippen LogP contribution in [0.3, 0.4) is 0 Å². The van der Waals surface area contributed by atoms with Crippen LogP contribution >= 0.6 is 0 Å². The van der Waals surface area contributed by atoms with Crippen molar-refractivity contribution >= 4 is 17.7 Å². The molecule has 1 heterocycles. The van der Waals surface area contributed by atoms with E-state index in [0.717, 1.165) is 22.4 Å². The van der Waals surface area contributed by atoms with Gasteiger partial charge < -0.3 is 15.0 Å². The maximum atomic E-state index is 12.7. The Balaban J connectivity index is 0.00000265. The van der Waals surface area contributed by atoms with Gasteiger partial charge >= 0.3 is 0 Å². The average molecular weight is 449 g/mol. The molecule has 0 bridgehead atoms. The van der Waals surface area contributed by atoms with Crippen molar-refractivity contribution in [2.75, 3.05) is 27.7 Å². The number of rotatable bonds is 9. The number of nitrogens with zero attached hydrogens (tertiary/aromatic N) is 3. The van der Waals surface area contributed by atoms with Crippen LogP contribution in [-0.2, 0) is 0 Å². The van der Waals surface area contributed by atoms with Crippen LogP contribution in [0.15, 0.2) is 72.0 Å². The van der Waals surface area contributed by atoms with E-state index in [9.17, 15) is 4.79 Å². The molecule has 0 spiro atoms. The van der Waals surface area contributed by atoms with E-state index in [1.165, 1.54) is 0 Å². The van der Waals surface area contributed by atoms with Gasteiger partial charge in [0.1, 0.15) is 11.5 Å². The molecule has 0 fully saturated rings. The quantitative estimate of drug-likeness (QED) is 0.396. The molecule has 6 nitrogen and oxygen atoms in total. The lowest BCUT2D eigenvalue weighted by molar-refractivity contribution is 0.0956. The second-order valence-electron chi connectivity index (χ2n) is 7.26. The summed E-state index contributed by atoms with van der Waals surface area (Å²) < 4.78 is 6.10. The Kier molecular flexibility index (Phi) is 11.9. The van der Waals surface area contributed by atoms with Crippen molar-refractivity contribution in [1.29, 1.82) is 0 Å². The summed E-state index contributed by atoms with van der Waals surface area (Å²) in [7, 11) is 5.59. The summed E-state index contributed by atoms with van der Waals surface area (Å²) in [4.78, 5) is 22.9. The highest BCUT2D eigenvalue weighted by atomic mass is 16.5. The number of amides is 1. The topological polar surface area (TPSA) is 66.8 Å². The first-order valence-electron chi connectivity index (χ1n) is 11.0. The summed E-state index contributed by atoms with van der Waals surface area (Å²) in [6.07, 6.45) is 8.97. The van der Waals surface area contributed by atoms with Gasteiger partial charge in [0, 0.05) is 69.1 Å². The Bertz CT molecular complexity index is 1020. The van der Waals surface area contributed by atoms with Gasteiger partial charge in [0.2, 0.25) is 0 Å². The lowest BCUT2D eigenvalue weighted by atomic mass is 10.1. The van der Waals surface area contributed by atoms with E-state index in [-0.39, 0.29) is 5.91 Å². The van der Waals surface area contributed by atoms with Crippen molar-refractivity contribution in [3.63, 3.8) is 0 Å². The molecule has 0 unspecified atom stereocenters. The van der Waals surface area contributed by atoms with Crippen molar-refractivity contribution in [3.8, 4) is 11.5 Å². The largest absolute Gasteiger partial charge is 0.457 e. The molecule has 1 aromatic heterocycles. The van der Waals surface area contributed by atoms with E-state index in [1.807, 2.05) is 77.2 Å². The van der Waals surface area contributed by atoms with E-state index in [2.05, 4.69) is 21.9 Å². The molecule has 0 aliphatic heterocycles. The van der Waals surface area contributed by atoms with Gasteiger partial charge in [0.25, 0.3) is 5.91 Å². The number of benzene rings is 1. The van der Waals surface area contributed by atoms with E-state index >= 15 is 0 Å². The monoisotopic (exact) mass is 448 g/mol. The molecular weight excluding hydrogens is 412 g/mol. The Morgan fingerprint density at radius 2 is 2.00 bits per heavy atom. The molecule has 0 saturated heterocycles. The zero-order valence-corrected chi connectivity index (χ0v) is 20.8. The molecule has 0 aliphatic carbocycles. The number of ether oxygens (including phenoxy) is 1. The van der Waals surface area contributed by atoms with E-state index < -0.39 is 0 Å². The van der Waals surface area contributed by atoms with Gasteiger partial charge in [-0.25, -0.2) is 0 Å². The van der Waals surface area contributed by atoms with Gasteiger partial charge in [-0.1, -0.05) is 38.1 Å². The maximum Gasteiger partial charge on any atom is 0.251 e. The number of hydrogen-bond acceptors (Lipinski definition) is 5. The van der Waals surface area contributed by atoms with Crippen LogP contribution in [-0.4, -0.2) is 49.7 Å². The van der Waals surface area contributed by atoms with Crippen molar-refractivity contribution in [1.82, 2.24) is 15.2 Å². The highest BCUT2D eigenvalue weighted by Gasteiger charge is 2.13. The Hall–Kier alpha value is -3.67. The van der Waals surface area contributed by atoms with Gasteiger partial charge in [-0.3, -0.25) is 14.8 Å². The molecule has 1 aromatic carbocycles. The minimum atomic E-state index is -0.151. The number of carbonyl (C=O) groups is 1. The number of nitrogens with one attached hydrogen (secondary N) is 1. The number of aliphatic imine (C=N–C) groups is 1. The average Bonchev–Trinajstić information content (AvgIpc) is 2.82. The Morgan fingerprint density at radius 3 is 2.64 bits per heavy atom. The maximum absolute atomic E-state index is 12.7. The minimum Gasteiger partial charge on any atom is -0.457 e. The molecule has 0 saturated carbocycles. The predicted molar refractivity (Wildman–Crippen MR) is 139 cm³/mol. The third-order valence-electron chi connectivity index (χ3n) is 4.44. The minimum absolute atomic E-state index is 0.151. The summed E-state index contributed by atoms with van der Waals surface area (Å²) >= 11 is 0. The van der Waals surface area contributed by atoms with Gasteiger partial charge in [-0.15, -0.1) is 0 Å². The fourth-order valence-corrected chi connectivity index (χ4v) is 2.81. The highest BCUT2D eigenvalue weighted by molar-refractivity contribution is 5.96. The van der Waals surface area contributed by atoms with Crippen molar-refractivity contribution in [3.05, 3.63) is 83.9 Å². The standard InChI is InChI=1S/C25H30N4O2.C2H6/c1-7-20(17-29(5)6)23-15-21(12-14-27-23)31-24-10-8-9-22(19(24)3)25(30)28-16-18(2)11-13-26-4;1-2/h7-15,17H,1,16H2,2-6H3,(H,28,30);1-2H3/b18-11+,20-17+,26-13?;. The van der Waals surface area contributed by atoms with Crippen LogP contribution in [0.4, 0.5) is 0 Å². The molecule has 1 amide bonds. The van der Waals surface area contributed by atoms with E-state index in [0.29, 0.717) is 23.6 Å². The second kappa shape index (κ2) is 14.4. The molecule has 6 heteroatoms. The first-order valence-corrected chi connectivity index (χ1v) is 11.0. The molecule has 1 N–H and O–H groups in total. The number of hydrogen-bond donors (Lipinski definition) is 1. The SMILES string of the molecule is C=C/C(=C\N(C)C)c1cc(Oc2cccc(C(=O)NC/C(C)=C/C=NC)c2C)ccn1.CC. The zero-order valence-electron chi connectivity index (χ0n) is 20.8. The lowest BCUT2D eigenvalue weighted by Crippen LogP contribution is -2.25. The van der Waals surface area contributed by atoms with Gasteiger partial charge in [0.15, 0.2) is 0 Å². The fourth-order valence-electron chi connectivity index (χ4n) is 2.81. The Morgan fingerprint density at radius 1 is 1.27 bits per heavy atom. The number of carbonyl (C=O) groups excluding carboxylic acids is 1.